The molecule has 0 aliphatic carbocycles. The van der Waals surface area contributed by atoms with Crippen molar-refractivity contribution < 1.29 is 17.9 Å². The van der Waals surface area contributed by atoms with Gasteiger partial charge in [0, 0.05) is 17.3 Å². The van der Waals surface area contributed by atoms with Crippen LogP contribution in [0.3, 0.4) is 0 Å². The van der Waals surface area contributed by atoms with Gasteiger partial charge in [-0.3, -0.25) is 4.79 Å². The molecule has 0 aliphatic heterocycles. The number of nitrogens with zero attached hydrogens (tertiary/aromatic N) is 3. The first-order valence-corrected chi connectivity index (χ1v) is 14.7. The molecular weight excluding hydrogens is 550 g/mol. The minimum absolute atomic E-state index is 0.0823. The molecule has 1 heterocycles. The van der Waals surface area contributed by atoms with Crippen molar-refractivity contribution in [2.24, 2.45) is 5.10 Å². The molecule has 42 heavy (non-hydrogen) atoms. The lowest BCUT2D eigenvalue weighted by Gasteiger charge is -2.07. The summed E-state index contributed by atoms with van der Waals surface area (Å²) in [7, 11) is -3.83. The van der Waals surface area contributed by atoms with E-state index in [-0.39, 0.29) is 4.90 Å². The van der Waals surface area contributed by atoms with Gasteiger partial charge < -0.3 is 4.74 Å². The van der Waals surface area contributed by atoms with Gasteiger partial charge >= 0.3 is 0 Å². The van der Waals surface area contributed by atoms with Crippen LogP contribution in [0, 0.1) is 6.92 Å². The van der Waals surface area contributed by atoms with Crippen molar-refractivity contribution in [3.05, 3.63) is 132 Å². The average Bonchev–Trinajstić information content (AvgIpc) is 3.45. The van der Waals surface area contributed by atoms with Crippen molar-refractivity contribution in [2.45, 2.75) is 18.4 Å². The Labute approximate surface area is 244 Å². The van der Waals surface area contributed by atoms with Gasteiger partial charge in [-0.25, -0.2) is 23.2 Å². The number of carbonyl (C=O) groups excluding carboxylic acids is 1. The van der Waals surface area contributed by atoms with E-state index in [9.17, 15) is 13.2 Å². The number of rotatable bonds is 11. The Bertz CT molecular complexity index is 1770. The number of carbonyl (C=O) groups is 1. The SMILES string of the molecule is Cc1ccc(S(=O)(=O)NCC(=O)N/N=C\c2cn(-c3ccccc3)nc2-c2ccc(OCc3ccccc3)cc2)cc1. The fourth-order valence-electron chi connectivity index (χ4n) is 4.04. The molecule has 0 saturated carbocycles. The monoisotopic (exact) mass is 579 g/mol. The molecule has 0 radical (unpaired) electrons. The minimum atomic E-state index is -3.83. The summed E-state index contributed by atoms with van der Waals surface area (Å²) in [5, 5.41) is 8.82. The van der Waals surface area contributed by atoms with Crippen molar-refractivity contribution in [2.75, 3.05) is 6.54 Å². The summed E-state index contributed by atoms with van der Waals surface area (Å²) < 4.78 is 34.9. The third-order valence-electron chi connectivity index (χ3n) is 6.29. The molecule has 5 aromatic rings. The molecule has 0 bridgehead atoms. The summed E-state index contributed by atoms with van der Waals surface area (Å²) in [5.74, 6) is 0.111. The van der Waals surface area contributed by atoms with E-state index in [0.29, 0.717) is 17.9 Å². The van der Waals surface area contributed by atoms with Gasteiger partial charge in [0.25, 0.3) is 5.91 Å². The van der Waals surface area contributed by atoms with E-state index in [4.69, 9.17) is 9.84 Å². The third kappa shape index (κ3) is 7.36. The summed E-state index contributed by atoms with van der Waals surface area (Å²) in [6.45, 7) is 1.86. The molecule has 0 spiro atoms. The largest absolute Gasteiger partial charge is 0.489 e. The lowest BCUT2D eigenvalue weighted by atomic mass is 10.1. The summed E-state index contributed by atoms with van der Waals surface area (Å²) >= 11 is 0. The number of amides is 1. The second-order valence-corrected chi connectivity index (χ2v) is 11.2. The molecule has 1 aromatic heterocycles. The van der Waals surface area contributed by atoms with Crippen LogP contribution in [0.1, 0.15) is 16.7 Å². The van der Waals surface area contributed by atoms with E-state index in [0.717, 1.165) is 28.1 Å². The first-order chi connectivity index (χ1) is 20.4. The Hall–Kier alpha value is -5.06. The molecule has 2 N–H and O–H groups in total. The quantitative estimate of drug-likeness (QED) is 0.171. The Morgan fingerprint density at radius 3 is 2.26 bits per heavy atom. The number of hydrazone groups is 1. The van der Waals surface area contributed by atoms with E-state index in [1.165, 1.54) is 18.3 Å². The van der Waals surface area contributed by atoms with Gasteiger partial charge in [0.1, 0.15) is 18.1 Å². The zero-order chi connectivity index (χ0) is 29.4. The first-order valence-electron chi connectivity index (χ1n) is 13.2. The van der Waals surface area contributed by atoms with Crippen molar-refractivity contribution >= 4 is 22.1 Å². The Morgan fingerprint density at radius 2 is 1.57 bits per heavy atom. The van der Waals surface area contributed by atoms with Crippen molar-refractivity contribution in [3.63, 3.8) is 0 Å². The van der Waals surface area contributed by atoms with E-state index in [1.54, 1.807) is 23.0 Å². The highest BCUT2D eigenvalue weighted by atomic mass is 32.2. The number of hydrogen-bond donors (Lipinski definition) is 2. The van der Waals surface area contributed by atoms with Crippen LogP contribution in [0.5, 0.6) is 5.75 Å². The topological polar surface area (TPSA) is 115 Å². The second-order valence-electron chi connectivity index (χ2n) is 9.44. The average molecular weight is 580 g/mol. The molecule has 212 valence electrons. The van der Waals surface area contributed by atoms with Gasteiger partial charge in [-0.2, -0.15) is 10.2 Å². The van der Waals surface area contributed by atoms with E-state index >= 15 is 0 Å². The number of nitrogens with one attached hydrogen (secondary N) is 2. The molecule has 1 amide bonds. The fraction of sp³-hybridized carbons (Fsp3) is 0.0938. The lowest BCUT2D eigenvalue weighted by molar-refractivity contribution is -0.119. The highest BCUT2D eigenvalue weighted by Gasteiger charge is 2.15. The van der Waals surface area contributed by atoms with Crippen LogP contribution in [0.15, 0.2) is 125 Å². The molecule has 0 saturated heterocycles. The predicted octanol–water partition coefficient (Wildman–Crippen LogP) is 4.86. The Morgan fingerprint density at radius 1 is 0.905 bits per heavy atom. The normalized spacial score (nSPS) is 11.5. The van der Waals surface area contributed by atoms with Crippen LogP contribution in [-0.4, -0.2) is 36.9 Å². The predicted molar refractivity (Wildman–Crippen MR) is 162 cm³/mol. The summed E-state index contributed by atoms with van der Waals surface area (Å²) in [5.41, 5.74) is 7.37. The molecule has 0 unspecified atom stereocenters. The van der Waals surface area contributed by atoms with E-state index in [2.05, 4.69) is 15.2 Å². The van der Waals surface area contributed by atoms with Crippen LogP contribution in [0.2, 0.25) is 0 Å². The highest BCUT2D eigenvalue weighted by molar-refractivity contribution is 7.89. The standard InChI is InChI=1S/C32H29N5O4S/c1-24-12-18-30(19-13-24)42(39,40)34-21-31(38)35-33-20-27-22-37(28-10-6-3-7-11-28)36-32(27)26-14-16-29(17-15-26)41-23-25-8-4-2-5-9-25/h2-20,22,34H,21,23H2,1H3,(H,35,38)/b33-20-. The van der Waals surface area contributed by atoms with Crippen molar-refractivity contribution in [3.8, 4) is 22.7 Å². The smallest absolute Gasteiger partial charge is 0.255 e. The molecule has 4 aromatic carbocycles. The number of ether oxygens (including phenoxy) is 1. The van der Waals surface area contributed by atoms with Crippen LogP contribution in [0.25, 0.3) is 16.9 Å². The van der Waals surface area contributed by atoms with Crippen LogP contribution < -0.4 is 14.9 Å². The maximum atomic E-state index is 12.5. The molecule has 0 fully saturated rings. The van der Waals surface area contributed by atoms with Crippen molar-refractivity contribution in [1.29, 1.82) is 0 Å². The number of aromatic nitrogens is 2. The maximum absolute atomic E-state index is 12.5. The first kappa shape index (κ1) is 28.5. The molecule has 0 aliphatic rings. The van der Waals surface area contributed by atoms with Crippen molar-refractivity contribution in [1.82, 2.24) is 19.9 Å². The highest BCUT2D eigenvalue weighted by Crippen LogP contribution is 2.25. The minimum Gasteiger partial charge on any atom is -0.489 e. The zero-order valence-corrected chi connectivity index (χ0v) is 23.7. The molecule has 9 nitrogen and oxygen atoms in total. The zero-order valence-electron chi connectivity index (χ0n) is 22.8. The third-order valence-corrected chi connectivity index (χ3v) is 7.70. The van der Waals surface area contributed by atoms with E-state index in [1.807, 2.05) is 91.9 Å². The van der Waals surface area contributed by atoms with Crippen LogP contribution >= 0.6 is 0 Å². The van der Waals surface area contributed by atoms with Gasteiger partial charge in [0.2, 0.25) is 10.0 Å². The fourth-order valence-corrected chi connectivity index (χ4v) is 5.03. The molecule has 0 atom stereocenters. The number of hydrogen-bond acceptors (Lipinski definition) is 6. The molecule has 10 heteroatoms. The Kier molecular flexibility index (Phi) is 8.86. The van der Waals surface area contributed by atoms with Crippen LogP contribution in [-0.2, 0) is 21.4 Å². The van der Waals surface area contributed by atoms with Gasteiger partial charge in [0.05, 0.1) is 23.3 Å². The van der Waals surface area contributed by atoms with Gasteiger partial charge in [-0.15, -0.1) is 0 Å². The van der Waals surface area contributed by atoms with Gasteiger partial charge in [0.15, 0.2) is 0 Å². The molecule has 5 rings (SSSR count). The molecular formula is C32H29N5O4S. The second kappa shape index (κ2) is 13.1. The summed E-state index contributed by atoms with van der Waals surface area (Å²) in [6.07, 6.45) is 3.29. The van der Waals surface area contributed by atoms with Gasteiger partial charge in [-0.05, 0) is 61.0 Å². The maximum Gasteiger partial charge on any atom is 0.255 e. The number of aryl methyl sites for hydroxylation is 1. The van der Waals surface area contributed by atoms with E-state index < -0.39 is 22.5 Å². The summed E-state index contributed by atoms with van der Waals surface area (Å²) in [6, 6.07) is 33.5. The number of sulfonamides is 1. The number of benzene rings is 4. The lowest BCUT2D eigenvalue weighted by Crippen LogP contribution is -2.34. The van der Waals surface area contributed by atoms with Crippen LogP contribution in [0.4, 0.5) is 0 Å². The number of para-hydroxylation sites is 1. The Balaban J connectivity index is 1.28. The summed E-state index contributed by atoms with van der Waals surface area (Å²) in [4.78, 5) is 12.4. The van der Waals surface area contributed by atoms with Gasteiger partial charge in [-0.1, -0.05) is 66.2 Å².